The summed E-state index contributed by atoms with van der Waals surface area (Å²) in [6.07, 6.45) is 1.55. The molecular formula is C24H21N5O4. The number of benzene rings is 2. The molecule has 9 heteroatoms. The van der Waals surface area contributed by atoms with Gasteiger partial charge in [-0.25, -0.2) is 4.68 Å². The number of anilines is 2. The topological polar surface area (TPSA) is 114 Å². The standard InChI is InChI=1S/C24H21N5O4/c1-14-20(23(31)26-17-9-3-4-10-18(17)32-2)21(15-7-5-8-16(30)13-15)29-24(25-14)27-22(28-29)19-11-6-12-33-19/h3-13,21,30H,1-2H3,(H,26,31)(H,25,27,28). The van der Waals surface area contributed by atoms with Gasteiger partial charge in [-0.3, -0.25) is 4.79 Å². The zero-order valence-electron chi connectivity index (χ0n) is 17.9. The van der Waals surface area contributed by atoms with E-state index in [9.17, 15) is 9.90 Å². The van der Waals surface area contributed by atoms with Gasteiger partial charge in [-0.05, 0) is 48.9 Å². The van der Waals surface area contributed by atoms with E-state index in [0.717, 1.165) is 0 Å². The van der Waals surface area contributed by atoms with Gasteiger partial charge in [0, 0.05) is 5.70 Å². The van der Waals surface area contributed by atoms with Crippen molar-refractivity contribution in [2.45, 2.75) is 13.0 Å². The number of carbonyl (C=O) groups excluding carboxylic acids is 1. The van der Waals surface area contributed by atoms with Crippen LogP contribution in [0.5, 0.6) is 11.5 Å². The van der Waals surface area contributed by atoms with Crippen molar-refractivity contribution in [1.82, 2.24) is 14.8 Å². The van der Waals surface area contributed by atoms with Crippen LogP contribution in [0.3, 0.4) is 0 Å². The molecule has 0 fully saturated rings. The SMILES string of the molecule is COc1ccccc1NC(=O)C1=C(C)Nc2nc(-c3ccco3)nn2C1c1cccc(O)c1. The molecule has 1 unspecified atom stereocenters. The maximum absolute atomic E-state index is 13.6. The Morgan fingerprint density at radius 2 is 2.03 bits per heavy atom. The second-order valence-electron chi connectivity index (χ2n) is 7.50. The molecule has 0 bridgehead atoms. The Labute approximate surface area is 189 Å². The number of rotatable bonds is 5. The Bertz CT molecular complexity index is 1360. The molecule has 166 valence electrons. The first-order valence-corrected chi connectivity index (χ1v) is 10.3. The molecule has 3 N–H and O–H groups in total. The van der Waals surface area contributed by atoms with E-state index in [1.165, 1.54) is 0 Å². The van der Waals surface area contributed by atoms with Crippen LogP contribution in [0.25, 0.3) is 11.6 Å². The number of aromatic nitrogens is 3. The van der Waals surface area contributed by atoms with Gasteiger partial charge in [0.15, 0.2) is 5.76 Å². The molecule has 0 saturated heterocycles. The Morgan fingerprint density at radius 3 is 2.79 bits per heavy atom. The summed E-state index contributed by atoms with van der Waals surface area (Å²) in [5.74, 6) is 1.64. The summed E-state index contributed by atoms with van der Waals surface area (Å²) in [6.45, 7) is 1.80. The minimum absolute atomic E-state index is 0.0843. The first-order valence-electron chi connectivity index (χ1n) is 10.3. The lowest BCUT2D eigenvalue weighted by Gasteiger charge is -2.28. The Morgan fingerprint density at radius 1 is 1.18 bits per heavy atom. The molecule has 1 amide bonds. The van der Waals surface area contributed by atoms with Crippen LogP contribution in [0.4, 0.5) is 11.6 Å². The van der Waals surface area contributed by atoms with Gasteiger partial charge in [-0.1, -0.05) is 24.3 Å². The number of fused-ring (bicyclic) bond motifs is 1. The highest BCUT2D eigenvalue weighted by Crippen LogP contribution is 2.38. The number of ether oxygens (including phenoxy) is 1. The number of furan rings is 1. The lowest BCUT2D eigenvalue weighted by Crippen LogP contribution is -2.31. The van der Waals surface area contributed by atoms with E-state index in [2.05, 4.69) is 20.7 Å². The molecule has 9 nitrogen and oxygen atoms in total. The molecule has 33 heavy (non-hydrogen) atoms. The number of phenols is 1. The van der Waals surface area contributed by atoms with Crippen LogP contribution in [-0.2, 0) is 4.79 Å². The predicted molar refractivity (Wildman–Crippen MR) is 122 cm³/mol. The molecular weight excluding hydrogens is 422 g/mol. The van der Waals surface area contributed by atoms with Crippen LogP contribution in [0, 0.1) is 0 Å². The lowest BCUT2D eigenvalue weighted by atomic mass is 9.95. The average molecular weight is 443 g/mol. The molecule has 0 saturated carbocycles. The van der Waals surface area contributed by atoms with Gasteiger partial charge in [0.1, 0.15) is 17.5 Å². The van der Waals surface area contributed by atoms with E-state index in [1.54, 1.807) is 67.4 Å². The minimum atomic E-state index is -0.640. The van der Waals surface area contributed by atoms with Crippen LogP contribution in [-0.4, -0.2) is 32.9 Å². The van der Waals surface area contributed by atoms with Gasteiger partial charge in [0.05, 0.1) is 24.6 Å². The molecule has 4 aromatic rings. The fourth-order valence-corrected chi connectivity index (χ4v) is 3.90. The summed E-state index contributed by atoms with van der Waals surface area (Å²) in [5, 5.41) is 20.9. The van der Waals surface area contributed by atoms with Crippen LogP contribution >= 0.6 is 0 Å². The van der Waals surface area contributed by atoms with Crippen molar-refractivity contribution in [3.05, 3.63) is 83.8 Å². The third-order valence-electron chi connectivity index (χ3n) is 5.38. The van der Waals surface area contributed by atoms with E-state index in [4.69, 9.17) is 9.15 Å². The second-order valence-corrected chi connectivity index (χ2v) is 7.50. The first-order chi connectivity index (χ1) is 16.0. The van der Waals surface area contributed by atoms with Crippen molar-refractivity contribution >= 4 is 17.5 Å². The fourth-order valence-electron chi connectivity index (χ4n) is 3.90. The van der Waals surface area contributed by atoms with E-state index in [1.807, 2.05) is 18.2 Å². The summed E-state index contributed by atoms with van der Waals surface area (Å²) in [6, 6.07) is 16.8. The fraction of sp³-hybridized carbons (Fsp3) is 0.125. The van der Waals surface area contributed by atoms with Crippen molar-refractivity contribution in [2.24, 2.45) is 0 Å². The van der Waals surface area contributed by atoms with Crippen LogP contribution < -0.4 is 15.4 Å². The highest BCUT2D eigenvalue weighted by atomic mass is 16.5. The maximum atomic E-state index is 13.6. The molecule has 0 aliphatic carbocycles. The Hall–Kier alpha value is -4.53. The number of phenolic OH excluding ortho intramolecular Hbond substituents is 1. The number of nitrogens with one attached hydrogen (secondary N) is 2. The van der Waals surface area contributed by atoms with Gasteiger partial charge in [-0.2, -0.15) is 4.98 Å². The first kappa shape index (κ1) is 20.4. The van der Waals surface area contributed by atoms with Crippen LogP contribution in [0.15, 0.2) is 82.6 Å². The minimum Gasteiger partial charge on any atom is -0.508 e. The van der Waals surface area contributed by atoms with Crippen molar-refractivity contribution in [2.75, 3.05) is 17.7 Å². The van der Waals surface area contributed by atoms with Gasteiger partial charge >= 0.3 is 0 Å². The zero-order chi connectivity index (χ0) is 22.9. The Kier molecular flexibility index (Phi) is 5.06. The van der Waals surface area contributed by atoms with Crippen LogP contribution in [0.2, 0.25) is 0 Å². The number of carbonyl (C=O) groups is 1. The molecule has 5 rings (SSSR count). The van der Waals surface area contributed by atoms with Gasteiger partial charge in [0.25, 0.3) is 5.91 Å². The summed E-state index contributed by atoms with van der Waals surface area (Å²) in [5.41, 5.74) is 2.26. The zero-order valence-corrected chi connectivity index (χ0v) is 17.9. The summed E-state index contributed by atoms with van der Waals surface area (Å²) >= 11 is 0. The molecule has 2 aromatic heterocycles. The van der Waals surface area contributed by atoms with Crippen molar-refractivity contribution in [1.29, 1.82) is 0 Å². The Balaban J connectivity index is 1.61. The molecule has 1 aliphatic heterocycles. The number of allylic oxidation sites excluding steroid dienone is 1. The number of para-hydroxylation sites is 2. The number of hydrogen-bond donors (Lipinski definition) is 3. The predicted octanol–water partition coefficient (Wildman–Crippen LogP) is 4.18. The molecule has 0 spiro atoms. The number of amides is 1. The number of nitrogens with zero attached hydrogens (tertiary/aromatic N) is 3. The van der Waals surface area contributed by atoms with E-state index in [0.29, 0.717) is 45.8 Å². The van der Waals surface area contributed by atoms with Gasteiger partial charge in [-0.15, -0.1) is 5.10 Å². The smallest absolute Gasteiger partial charge is 0.255 e. The molecule has 2 aromatic carbocycles. The van der Waals surface area contributed by atoms with Crippen molar-refractivity contribution in [3.63, 3.8) is 0 Å². The van der Waals surface area contributed by atoms with Gasteiger partial charge in [0.2, 0.25) is 11.8 Å². The third kappa shape index (κ3) is 3.69. The van der Waals surface area contributed by atoms with E-state index < -0.39 is 6.04 Å². The highest BCUT2D eigenvalue weighted by molar-refractivity contribution is 6.06. The maximum Gasteiger partial charge on any atom is 0.255 e. The summed E-state index contributed by atoms with van der Waals surface area (Å²) in [7, 11) is 1.55. The van der Waals surface area contributed by atoms with E-state index >= 15 is 0 Å². The normalized spacial score (nSPS) is 15.0. The lowest BCUT2D eigenvalue weighted by molar-refractivity contribution is -0.113. The molecule has 1 aliphatic rings. The monoisotopic (exact) mass is 443 g/mol. The average Bonchev–Trinajstić information content (AvgIpc) is 3.48. The van der Waals surface area contributed by atoms with Crippen molar-refractivity contribution in [3.8, 4) is 23.1 Å². The molecule has 3 heterocycles. The van der Waals surface area contributed by atoms with Crippen LogP contribution in [0.1, 0.15) is 18.5 Å². The number of methoxy groups -OCH3 is 1. The largest absolute Gasteiger partial charge is 0.508 e. The molecule has 1 atom stereocenters. The third-order valence-corrected chi connectivity index (χ3v) is 5.38. The van der Waals surface area contributed by atoms with E-state index in [-0.39, 0.29) is 11.7 Å². The summed E-state index contributed by atoms with van der Waals surface area (Å²) < 4.78 is 12.4. The highest BCUT2D eigenvalue weighted by Gasteiger charge is 2.35. The number of hydrogen-bond acceptors (Lipinski definition) is 7. The quantitative estimate of drug-likeness (QED) is 0.424. The van der Waals surface area contributed by atoms with Crippen molar-refractivity contribution < 1.29 is 19.1 Å². The number of aromatic hydroxyl groups is 1. The van der Waals surface area contributed by atoms with Gasteiger partial charge < -0.3 is 24.9 Å². The second kappa shape index (κ2) is 8.19. The summed E-state index contributed by atoms with van der Waals surface area (Å²) in [4.78, 5) is 18.1. The molecule has 0 radical (unpaired) electrons.